The van der Waals surface area contributed by atoms with E-state index < -0.39 is 139 Å². The molecule has 508 valence electrons. The van der Waals surface area contributed by atoms with Crippen molar-refractivity contribution in [3.8, 4) is 22.6 Å². The number of aromatic hydroxyl groups is 2. The van der Waals surface area contributed by atoms with Crippen molar-refractivity contribution < 1.29 is 92.5 Å². The zero-order valence-corrected chi connectivity index (χ0v) is 53.5. The van der Waals surface area contributed by atoms with Crippen LogP contribution >= 0.6 is 21.6 Å². The molecule has 0 aliphatic carbocycles. The van der Waals surface area contributed by atoms with Crippen molar-refractivity contribution in [3.05, 3.63) is 120 Å². The van der Waals surface area contributed by atoms with Crippen LogP contribution in [0.2, 0.25) is 0 Å². The van der Waals surface area contributed by atoms with E-state index in [0.717, 1.165) is 39.6 Å². The number of rotatable bonds is 27. The highest BCUT2D eigenvalue weighted by Gasteiger charge is 2.36. The van der Waals surface area contributed by atoms with Crippen LogP contribution < -0.4 is 53.2 Å². The number of aliphatic hydroxyl groups is 1. The average molecular weight is 1350 g/mol. The fourth-order valence-corrected chi connectivity index (χ4v) is 11.5. The van der Waals surface area contributed by atoms with E-state index in [2.05, 4.69) is 53.2 Å². The minimum Gasteiger partial charge on any atom is -0.508 e. The number of hydrogen-bond acceptors (Lipinski definition) is 19. The van der Waals surface area contributed by atoms with E-state index in [4.69, 9.17) is 9.47 Å². The third-order valence-corrected chi connectivity index (χ3v) is 16.8. The van der Waals surface area contributed by atoms with E-state index >= 15 is 0 Å². The number of carbonyl (C=O) groups is 12. The van der Waals surface area contributed by atoms with Crippen LogP contribution in [-0.2, 0) is 86.3 Å². The molecular formula is C63H80N10O19S2. The van der Waals surface area contributed by atoms with Gasteiger partial charge in [-0.2, -0.15) is 0 Å². The van der Waals surface area contributed by atoms with Crippen LogP contribution in [0.4, 0.5) is 0 Å². The summed E-state index contributed by atoms with van der Waals surface area (Å²) >= 11 is 0. The van der Waals surface area contributed by atoms with Crippen LogP contribution in [0.15, 0.2) is 103 Å². The van der Waals surface area contributed by atoms with Crippen LogP contribution in [0.1, 0.15) is 56.7 Å². The number of ether oxygens (including phenoxy) is 2. The third-order valence-electron chi connectivity index (χ3n) is 14.2. The Hall–Kier alpha value is -9.30. The molecule has 1 unspecified atom stereocenters. The SMILES string of the molecule is CCC(=O)NCCOCCOCCNC(=O)[C@H](CC(=O)O)NC(=O)[C@H](Cc1ccc(-c2ccccc2)cc1)NC(=O)[C@@H]1CSSC[C@H](C)C(=O)N[C@@H](CC(=O)O)C(=O)N[C@@H](Cc2ccc(O)cc2)C(=O)N[C@@H](Cc2ccc(O)cc2)C(=O)NCC(=O)N[C@@H](C(C)O)C(=O)N1. The minimum absolute atomic E-state index is 0.0417. The number of amides is 10. The maximum absolute atomic E-state index is 14.8. The Bertz CT molecular complexity index is 3220. The van der Waals surface area contributed by atoms with E-state index in [1.54, 1.807) is 31.2 Å². The highest BCUT2D eigenvalue weighted by Crippen LogP contribution is 2.26. The number of benzene rings is 4. The lowest BCUT2D eigenvalue weighted by Crippen LogP contribution is -2.61. The van der Waals surface area contributed by atoms with Crippen molar-refractivity contribution in [3.63, 3.8) is 0 Å². The topological polar surface area (TPSA) is 445 Å². The van der Waals surface area contributed by atoms with Gasteiger partial charge in [-0.1, -0.05) is 114 Å². The molecule has 1 heterocycles. The van der Waals surface area contributed by atoms with Gasteiger partial charge in [-0.3, -0.25) is 57.5 Å². The Morgan fingerprint density at radius 3 is 1.67 bits per heavy atom. The molecule has 0 saturated carbocycles. The minimum atomic E-state index is -1.83. The first-order valence-corrected chi connectivity index (χ1v) is 32.5. The molecule has 0 radical (unpaired) electrons. The lowest BCUT2D eigenvalue weighted by atomic mass is 9.99. The van der Waals surface area contributed by atoms with Crippen LogP contribution in [0.3, 0.4) is 0 Å². The molecule has 1 aliphatic heterocycles. The predicted octanol–water partition coefficient (Wildman–Crippen LogP) is -0.661. The smallest absolute Gasteiger partial charge is 0.305 e. The van der Waals surface area contributed by atoms with Gasteiger partial charge in [0, 0.05) is 56.2 Å². The number of aliphatic carboxylic acids is 2. The molecule has 1 saturated heterocycles. The number of hydrogen-bond donors (Lipinski definition) is 15. The van der Waals surface area contributed by atoms with Crippen molar-refractivity contribution in [2.75, 3.05) is 57.6 Å². The number of carbonyl (C=O) groups excluding carboxylic acids is 10. The van der Waals surface area contributed by atoms with Gasteiger partial charge in [0.05, 0.1) is 51.9 Å². The highest BCUT2D eigenvalue weighted by atomic mass is 33.1. The lowest BCUT2D eigenvalue weighted by Gasteiger charge is -2.27. The number of aliphatic hydroxyl groups excluding tert-OH is 1. The molecule has 1 fully saturated rings. The summed E-state index contributed by atoms with van der Waals surface area (Å²) in [5, 5.41) is 75.6. The molecule has 0 aromatic heterocycles. The molecule has 94 heavy (non-hydrogen) atoms. The summed E-state index contributed by atoms with van der Waals surface area (Å²) in [7, 11) is 1.92. The van der Waals surface area contributed by atoms with Crippen molar-refractivity contribution in [1.29, 1.82) is 0 Å². The van der Waals surface area contributed by atoms with Crippen LogP contribution in [0.5, 0.6) is 11.5 Å². The second kappa shape index (κ2) is 39.3. The normalized spacial score (nSPS) is 19.7. The molecule has 4 aromatic carbocycles. The Balaban J connectivity index is 1.44. The van der Waals surface area contributed by atoms with Gasteiger partial charge in [-0.15, -0.1) is 0 Å². The summed E-state index contributed by atoms with van der Waals surface area (Å²) in [6, 6.07) is 15.5. The van der Waals surface area contributed by atoms with Crippen molar-refractivity contribution >= 4 is 92.6 Å². The van der Waals surface area contributed by atoms with Gasteiger partial charge >= 0.3 is 11.9 Å². The van der Waals surface area contributed by atoms with Gasteiger partial charge in [-0.25, -0.2) is 0 Å². The Kier molecular flexibility index (Phi) is 31.5. The largest absolute Gasteiger partial charge is 0.508 e. The fourth-order valence-electron chi connectivity index (χ4n) is 9.02. The Labute approximate surface area is 549 Å². The molecular weight excluding hydrogens is 1260 g/mol. The number of nitrogens with one attached hydrogen (secondary N) is 10. The maximum Gasteiger partial charge on any atom is 0.305 e. The summed E-state index contributed by atoms with van der Waals surface area (Å²) in [5.41, 5.74) is 2.90. The average Bonchev–Trinajstić information content (AvgIpc) is 0.942. The van der Waals surface area contributed by atoms with Crippen molar-refractivity contribution in [2.45, 2.75) is 108 Å². The second-order valence-electron chi connectivity index (χ2n) is 21.8. The third kappa shape index (κ3) is 26.7. The molecule has 0 bridgehead atoms. The second-order valence-corrected chi connectivity index (χ2v) is 24.3. The van der Waals surface area contributed by atoms with E-state index in [0.29, 0.717) is 29.7 Å². The Morgan fingerprint density at radius 2 is 1.11 bits per heavy atom. The Morgan fingerprint density at radius 1 is 0.574 bits per heavy atom. The van der Waals surface area contributed by atoms with Gasteiger partial charge in [0.15, 0.2) is 0 Å². The number of phenolic OH excluding ortho intramolecular Hbond substituents is 2. The zero-order chi connectivity index (χ0) is 68.7. The number of phenols is 2. The van der Waals surface area contributed by atoms with Crippen LogP contribution in [0, 0.1) is 5.92 Å². The van der Waals surface area contributed by atoms with E-state index in [9.17, 15) is 83.1 Å². The highest BCUT2D eigenvalue weighted by molar-refractivity contribution is 8.76. The number of carboxylic acids is 2. The molecule has 15 N–H and O–H groups in total. The maximum atomic E-state index is 14.8. The number of carboxylic acid groups (broad SMARTS) is 2. The first kappa shape index (κ1) is 75.4. The van der Waals surface area contributed by atoms with Gasteiger partial charge < -0.3 is 88.2 Å². The van der Waals surface area contributed by atoms with Crippen molar-refractivity contribution in [1.82, 2.24) is 53.2 Å². The van der Waals surface area contributed by atoms with Crippen LogP contribution in [0.25, 0.3) is 11.1 Å². The summed E-state index contributed by atoms with van der Waals surface area (Å²) in [4.78, 5) is 163. The fraction of sp³-hybridized carbons (Fsp3) is 0.429. The quantitative estimate of drug-likeness (QED) is 0.0260. The first-order valence-electron chi connectivity index (χ1n) is 30.0. The monoisotopic (exact) mass is 1340 g/mol. The summed E-state index contributed by atoms with van der Waals surface area (Å²) < 4.78 is 10.9. The van der Waals surface area contributed by atoms with Crippen molar-refractivity contribution in [2.24, 2.45) is 5.92 Å². The zero-order valence-electron chi connectivity index (χ0n) is 51.9. The van der Waals surface area contributed by atoms with Crippen LogP contribution in [-0.4, -0.2) is 203 Å². The van der Waals surface area contributed by atoms with Gasteiger partial charge in [-0.05, 0) is 59.0 Å². The molecule has 9 atom stereocenters. The predicted molar refractivity (Wildman–Crippen MR) is 344 cm³/mol. The van der Waals surface area contributed by atoms with Gasteiger partial charge in [0.1, 0.15) is 53.8 Å². The van der Waals surface area contributed by atoms with E-state index in [1.807, 2.05) is 30.3 Å². The molecule has 1 aliphatic rings. The molecule has 5 rings (SSSR count). The molecule has 31 heteroatoms. The summed E-state index contributed by atoms with van der Waals surface area (Å²) in [6.45, 7) is 4.07. The standard InChI is InChI=1S/C63H80N10O19S2/c1-4-51(77)64-22-24-91-26-27-92-25-23-65-57(84)48(31-53(79)80)71-60(87)47(29-38-10-16-42(17-11-38)41-8-6-5-7-9-41)70-62(89)50-35-94-93-34-36(2)56(83)67-49(32-54(81)82)61(88)69-46(30-40-14-20-44(76)21-15-40)59(86)68-45(28-39-12-18-43(75)19-13-39)58(85)66-33-52(78)73-55(37(3)74)63(90)72-50/h5-21,36-37,45-50,55,74-76H,4,22-35H2,1-3H3,(H,64,77)(H,65,84)(H,66,85)(H,67,83)(H,68,86)(H,69,88)(H,70,89)(H,71,87)(H,72,90)(H,73,78)(H,79,80)(H,81,82)/t36-,37?,45-,46-,47-,48-,49-,50-,55-/m0/s1. The molecule has 29 nitrogen and oxygen atoms in total. The molecule has 0 spiro atoms. The molecule has 10 amide bonds. The summed E-state index contributed by atoms with van der Waals surface area (Å²) in [5.74, 6) is -13.9. The lowest BCUT2D eigenvalue weighted by molar-refractivity contribution is -0.141. The van der Waals surface area contributed by atoms with Gasteiger partial charge in [0.2, 0.25) is 59.1 Å². The van der Waals surface area contributed by atoms with E-state index in [-0.39, 0.29) is 81.1 Å². The molecule has 4 aromatic rings. The summed E-state index contributed by atoms with van der Waals surface area (Å²) in [6.07, 6.45) is -4.07. The van der Waals surface area contributed by atoms with E-state index in [1.165, 1.54) is 55.5 Å². The van der Waals surface area contributed by atoms with Gasteiger partial charge in [0.25, 0.3) is 0 Å². The first-order chi connectivity index (χ1) is 44.9.